The average Bonchev–Trinajstić information content (AvgIpc) is 2.40. The molecular weight excluding hydrogens is 254 g/mol. The van der Waals surface area contributed by atoms with Gasteiger partial charge in [0.1, 0.15) is 0 Å². The molecule has 0 radical (unpaired) electrons. The molecule has 1 unspecified atom stereocenters. The molecular formula is C15H25N3O2. The molecule has 0 bridgehead atoms. The third-order valence-corrected chi connectivity index (χ3v) is 3.35. The number of anilines is 2. The van der Waals surface area contributed by atoms with Crippen molar-refractivity contribution in [1.82, 2.24) is 4.90 Å². The molecule has 0 spiro atoms. The van der Waals surface area contributed by atoms with Crippen molar-refractivity contribution < 1.29 is 9.53 Å². The maximum absolute atomic E-state index is 12.1. The fraction of sp³-hybridized carbons (Fsp3) is 0.533. The van der Waals surface area contributed by atoms with E-state index < -0.39 is 0 Å². The van der Waals surface area contributed by atoms with Gasteiger partial charge in [-0.15, -0.1) is 0 Å². The molecule has 5 heteroatoms. The lowest BCUT2D eigenvalue weighted by Crippen LogP contribution is -2.41. The zero-order chi connectivity index (χ0) is 15.1. The van der Waals surface area contributed by atoms with Gasteiger partial charge >= 0.3 is 0 Å². The minimum atomic E-state index is -0.0435. The highest BCUT2D eigenvalue weighted by Gasteiger charge is 2.15. The number of amides is 1. The Bertz CT molecular complexity index is 449. The Labute approximate surface area is 121 Å². The van der Waals surface area contributed by atoms with Crippen molar-refractivity contribution in [2.45, 2.75) is 26.8 Å². The Morgan fingerprint density at radius 3 is 2.75 bits per heavy atom. The van der Waals surface area contributed by atoms with E-state index in [-0.39, 0.29) is 11.9 Å². The number of aryl methyl sites for hydroxylation is 1. The monoisotopic (exact) mass is 279 g/mol. The van der Waals surface area contributed by atoms with Crippen LogP contribution < -0.4 is 11.1 Å². The van der Waals surface area contributed by atoms with Gasteiger partial charge in [-0.05, 0) is 38.1 Å². The number of nitrogens with zero attached hydrogens (tertiary/aromatic N) is 1. The molecule has 0 heterocycles. The number of ether oxygens (including phenoxy) is 1. The largest absolute Gasteiger partial charge is 0.398 e. The van der Waals surface area contributed by atoms with Crippen LogP contribution in [0.3, 0.4) is 0 Å². The third kappa shape index (κ3) is 4.83. The molecule has 112 valence electrons. The van der Waals surface area contributed by atoms with E-state index >= 15 is 0 Å². The van der Waals surface area contributed by atoms with Crippen LogP contribution in [-0.4, -0.2) is 43.7 Å². The fourth-order valence-corrected chi connectivity index (χ4v) is 2.03. The topological polar surface area (TPSA) is 67.6 Å². The molecule has 0 aliphatic carbocycles. The van der Waals surface area contributed by atoms with E-state index in [9.17, 15) is 4.79 Å². The first-order chi connectivity index (χ1) is 9.47. The minimum absolute atomic E-state index is 0.0435. The molecule has 0 saturated carbocycles. The van der Waals surface area contributed by atoms with Crippen molar-refractivity contribution in [2.75, 3.05) is 37.9 Å². The fourth-order valence-electron chi connectivity index (χ4n) is 2.03. The number of nitrogens with one attached hydrogen (secondary N) is 1. The highest BCUT2D eigenvalue weighted by molar-refractivity contribution is 5.92. The number of methoxy groups -OCH3 is 1. The first kappa shape index (κ1) is 16.5. The molecule has 1 aromatic carbocycles. The predicted molar refractivity (Wildman–Crippen MR) is 82.8 cm³/mol. The number of likely N-dealkylation sites (N-methyl/N-ethyl adjacent to an activating group) is 1. The van der Waals surface area contributed by atoms with E-state index in [0.29, 0.717) is 18.8 Å². The summed E-state index contributed by atoms with van der Waals surface area (Å²) in [5.74, 6) is -0.0435. The molecule has 1 atom stereocenters. The second-order valence-corrected chi connectivity index (χ2v) is 4.99. The van der Waals surface area contributed by atoms with Gasteiger partial charge in [-0.1, -0.05) is 13.0 Å². The van der Waals surface area contributed by atoms with Gasteiger partial charge in [0.05, 0.1) is 13.2 Å². The van der Waals surface area contributed by atoms with Crippen LogP contribution in [0.1, 0.15) is 19.4 Å². The standard InChI is InChI=1S/C15H25N3O2/c1-5-18(12(3)10-20-4)9-15(19)17-13-7-6-11(2)14(16)8-13/h6-8,12H,5,9-10,16H2,1-4H3,(H,17,19). The molecule has 3 N–H and O–H groups in total. The lowest BCUT2D eigenvalue weighted by molar-refractivity contribution is -0.118. The van der Waals surface area contributed by atoms with Gasteiger partial charge in [0.2, 0.25) is 5.91 Å². The SMILES string of the molecule is CCN(CC(=O)Nc1ccc(C)c(N)c1)C(C)COC. The van der Waals surface area contributed by atoms with Crippen LogP contribution in [0.25, 0.3) is 0 Å². The van der Waals surface area contributed by atoms with Gasteiger partial charge in [-0.3, -0.25) is 9.69 Å². The molecule has 1 rings (SSSR count). The van der Waals surface area contributed by atoms with Gasteiger partial charge in [-0.25, -0.2) is 0 Å². The Morgan fingerprint density at radius 2 is 2.20 bits per heavy atom. The van der Waals surface area contributed by atoms with Gasteiger partial charge < -0.3 is 15.8 Å². The van der Waals surface area contributed by atoms with E-state index in [2.05, 4.69) is 10.2 Å². The number of hydrogen-bond donors (Lipinski definition) is 2. The van der Waals surface area contributed by atoms with Crippen molar-refractivity contribution >= 4 is 17.3 Å². The first-order valence-corrected chi connectivity index (χ1v) is 6.86. The summed E-state index contributed by atoms with van der Waals surface area (Å²) in [5.41, 5.74) is 8.25. The molecule has 0 aromatic heterocycles. The van der Waals surface area contributed by atoms with E-state index in [1.165, 1.54) is 0 Å². The molecule has 0 aliphatic rings. The summed E-state index contributed by atoms with van der Waals surface area (Å²) in [6.07, 6.45) is 0. The first-order valence-electron chi connectivity index (χ1n) is 6.86. The van der Waals surface area contributed by atoms with Crippen molar-refractivity contribution in [3.63, 3.8) is 0 Å². The summed E-state index contributed by atoms with van der Waals surface area (Å²) >= 11 is 0. The molecule has 1 amide bonds. The number of rotatable bonds is 7. The quantitative estimate of drug-likeness (QED) is 0.748. The molecule has 5 nitrogen and oxygen atoms in total. The van der Waals surface area contributed by atoms with Gasteiger partial charge in [0.25, 0.3) is 0 Å². The summed E-state index contributed by atoms with van der Waals surface area (Å²) in [6, 6.07) is 5.75. The molecule has 1 aromatic rings. The number of nitrogens with two attached hydrogens (primary N) is 1. The Hall–Kier alpha value is -1.59. The van der Waals surface area contributed by atoms with Crippen LogP contribution >= 0.6 is 0 Å². The normalized spacial score (nSPS) is 12.4. The highest BCUT2D eigenvalue weighted by atomic mass is 16.5. The van der Waals surface area contributed by atoms with Crippen LogP contribution in [0.2, 0.25) is 0 Å². The number of hydrogen-bond acceptors (Lipinski definition) is 4. The molecule has 20 heavy (non-hydrogen) atoms. The average molecular weight is 279 g/mol. The van der Waals surface area contributed by atoms with E-state index in [0.717, 1.165) is 17.8 Å². The van der Waals surface area contributed by atoms with Crippen LogP contribution in [0, 0.1) is 6.92 Å². The van der Waals surface area contributed by atoms with Gasteiger partial charge in [0, 0.05) is 24.5 Å². The number of carbonyl (C=O) groups excluding carboxylic acids is 1. The summed E-state index contributed by atoms with van der Waals surface area (Å²) < 4.78 is 5.13. The van der Waals surface area contributed by atoms with Crippen molar-refractivity contribution in [3.8, 4) is 0 Å². The zero-order valence-corrected chi connectivity index (χ0v) is 12.8. The minimum Gasteiger partial charge on any atom is -0.398 e. The van der Waals surface area contributed by atoms with Gasteiger partial charge in [-0.2, -0.15) is 0 Å². The van der Waals surface area contributed by atoms with Crippen molar-refractivity contribution in [1.29, 1.82) is 0 Å². The molecule has 0 saturated heterocycles. The van der Waals surface area contributed by atoms with Crippen LogP contribution in [0.5, 0.6) is 0 Å². The van der Waals surface area contributed by atoms with Gasteiger partial charge in [0.15, 0.2) is 0 Å². The van der Waals surface area contributed by atoms with Crippen LogP contribution in [0.4, 0.5) is 11.4 Å². The second-order valence-electron chi connectivity index (χ2n) is 4.99. The van der Waals surface area contributed by atoms with Crippen LogP contribution in [-0.2, 0) is 9.53 Å². The zero-order valence-electron chi connectivity index (χ0n) is 12.8. The Kier molecular flexibility index (Phi) is 6.48. The van der Waals surface area contributed by atoms with Crippen LogP contribution in [0.15, 0.2) is 18.2 Å². The maximum atomic E-state index is 12.1. The molecule has 0 aliphatic heterocycles. The Morgan fingerprint density at radius 1 is 1.50 bits per heavy atom. The maximum Gasteiger partial charge on any atom is 0.238 e. The lowest BCUT2D eigenvalue weighted by Gasteiger charge is -2.26. The van der Waals surface area contributed by atoms with Crippen molar-refractivity contribution in [3.05, 3.63) is 23.8 Å². The smallest absolute Gasteiger partial charge is 0.238 e. The predicted octanol–water partition coefficient (Wildman–Crippen LogP) is 1.87. The Balaban J connectivity index is 2.59. The second kappa shape index (κ2) is 7.87. The lowest BCUT2D eigenvalue weighted by atomic mass is 10.2. The number of nitrogen functional groups attached to an aromatic ring is 1. The number of benzene rings is 1. The summed E-state index contributed by atoms with van der Waals surface area (Å²) in [5, 5.41) is 2.87. The van der Waals surface area contributed by atoms with E-state index in [1.54, 1.807) is 13.2 Å². The van der Waals surface area contributed by atoms with E-state index in [1.807, 2.05) is 32.9 Å². The summed E-state index contributed by atoms with van der Waals surface area (Å²) in [4.78, 5) is 14.1. The van der Waals surface area contributed by atoms with Crippen molar-refractivity contribution in [2.24, 2.45) is 0 Å². The molecule has 0 fully saturated rings. The van der Waals surface area contributed by atoms with E-state index in [4.69, 9.17) is 10.5 Å². The highest BCUT2D eigenvalue weighted by Crippen LogP contribution is 2.16. The summed E-state index contributed by atoms with van der Waals surface area (Å²) in [7, 11) is 1.67. The number of carbonyl (C=O) groups is 1. The third-order valence-electron chi connectivity index (χ3n) is 3.35. The summed E-state index contributed by atoms with van der Waals surface area (Å²) in [6.45, 7) is 7.76.